The van der Waals surface area contributed by atoms with Gasteiger partial charge in [0.05, 0.1) is 18.8 Å². The number of hydrogen-bond acceptors (Lipinski definition) is 5. The van der Waals surface area contributed by atoms with Crippen LogP contribution in [-0.4, -0.2) is 51.3 Å². The van der Waals surface area contributed by atoms with Crippen LogP contribution < -0.4 is 0 Å². The molecule has 1 N–H and O–H groups in total. The van der Waals surface area contributed by atoms with E-state index in [0.29, 0.717) is 13.2 Å². The van der Waals surface area contributed by atoms with Crippen molar-refractivity contribution in [2.24, 2.45) is 0 Å². The zero-order chi connectivity index (χ0) is 16.2. The van der Waals surface area contributed by atoms with Crippen molar-refractivity contribution >= 4 is 17.7 Å². The van der Waals surface area contributed by atoms with Crippen LogP contribution in [0.15, 0.2) is 35.7 Å². The maximum Gasteiger partial charge on any atom is 0.254 e. The molecule has 7 heteroatoms. The minimum absolute atomic E-state index is 0.0714. The van der Waals surface area contributed by atoms with Crippen LogP contribution in [-0.2, 0) is 10.5 Å². The quantitative estimate of drug-likeness (QED) is 0.870. The van der Waals surface area contributed by atoms with Crippen molar-refractivity contribution < 1.29 is 9.53 Å². The smallest absolute Gasteiger partial charge is 0.254 e. The highest BCUT2D eigenvalue weighted by Gasteiger charge is 2.28. The lowest BCUT2D eigenvalue weighted by molar-refractivity contribution is -0.0387. The molecule has 1 aromatic carbocycles. The Kier molecular flexibility index (Phi) is 4.97. The van der Waals surface area contributed by atoms with Crippen molar-refractivity contribution in [2.45, 2.75) is 36.9 Å². The molecular formula is C16H20N4O2S. The molecule has 6 nitrogen and oxygen atoms in total. The summed E-state index contributed by atoms with van der Waals surface area (Å²) in [7, 11) is 0. The fraction of sp³-hybridized carbons (Fsp3) is 0.438. The summed E-state index contributed by atoms with van der Waals surface area (Å²) in [5.74, 6) is 0.858. The van der Waals surface area contributed by atoms with E-state index < -0.39 is 0 Å². The molecular weight excluding hydrogens is 312 g/mol. The molecule has 1 fully saturated rings. The second-order valence-corrected chi connectivity index (χ2v) is 6.69. The highest BCUT2D eigenvalue weighted by molar-refractivity contribution is 7.98. The highest BCUT2D eigenvalue weighted by atomic mass is 32.2. The predicted octanol–water partition coefficient (Wildman–Crippen LogP) is 2.35. The molecule has 0 radical (unpaired) electrons. The Morgan fingerprint density at radius 1 is 1.39 bits per heavy atom. The summed E-state index contributed by atoms with van der Waals surface area (Å²) in [4.78, 5) is 18.6. The molecule has 3 rings (SSSR count). The van der Waals surface area contributed by atoms with Gasteiger partial charge in [-0.2, -0.15) is 5.10 Å². The minimum atomic E-state index is 0.0714. The number of aromatic amines is 1. The zero-order valence-corrected chi connectivity index (χ0v) is 14.0. The van der Waals surface area contributed by atoms with Gasteiger partial charge in [-0.1, -0.05) is 23.9 Å². The van der Waals surface area contributed by atoms with Gasteiger partial charge in [-0.3, -0.25) is 9.89 Å². The van der Waals surface area contributed by atoms with E-state index in [1.165, 1.54) is 6.33 Å². The summed E-state index contributed by atoms with van der Waals surface area (Å²) in [5.41, 5.74) is 1.87. The first kappa shape index (κ1) is 16.0. The first-order valence-corrected chi connectivity index (χ1v) is 8.61. The van der Waals surface area contributed by atoms with Gasteiger partial charge in [0.25, 0.3) is 5.91 Å². The summed E-state index contributed by atoms with van der Waals surface area (Å²) in [5, 5.41) is 7.43. The van der Waals surface area contributed by atoms with E-state index in [4.69, 9.17) is 4.74 Å². The number of aromatic nitrogens is 3. The third kappa shape index (κ3) is 3.92. The first-order chi connectivity index (χ1) is 11.1. The number of carbonyl (C=O) groups excluding carboxylic acids is 1. The Morgan fingerprint density at radius 3 is 2.87 bits per heavy atom. The molecule has 122 valence electrons. The molecule has 1 aliphatic heterocycles. The number of benzene rings is 1. The number of hydrogen-bond donors (Lipinski definition) is 1. The zero-order valence-electron chi connectivity index (χ0n) is 13.2. The number of amides is 1. The van der Waals surface area contributed by atoms with Gasteiger partial charge >= 0.3 is 0 Å². The van der Waals surface area contributed by atoms with Crippen LogP contribution in [0.1, 0.15) is 29.8 Å². The first-order valence-electron chi connectivity index (χ1n) is 7.63. The third-order valence-corrected chi connectivity index (χ3v) is 4.79. The van der Waals surface area contributed by atoms with Crippen molar-refractivity contribution in [3.8, 4) is 0 Å². The number of nitrogens with one attached hydrogen (secondary N) is 1. The molecule has 23 heavy (non-hydrogen) atoms. The molecule has 0 spiro atoms. The Bertz CT molecular complexity index is 645. The van der Waals surface area contributed by atoms with Gasteiger partial charge in [0.2, 0.25) is 0 Å². The van der Waals surface area contributed by atoms with Gasteiger partial charge in [0.1, 0.15) is 6.33 Å². The van der Waals surface area contributed by atoms with E-state index in [9.17, 15) is 4.79 Å². The lowest BCUT2D eigenvalue weighted by Crippen LogP contribution is -2.50. The number of rotatable bonds is 4. The van der Waals surface area contributed by atoms with Crippen molar-refractivity contribution in [2.75, 3.05) is 13.2 Å². The summed E-state index contributed by atoms with van der Waals surface area (Å²) in [6.45, 7) is 5.25. The Morgan fingerprint density at radius 2 is 2.17 bits per heavy atom. The topological polar surface area (TPSA) is 71.1 Å². The Labute approximate surface area is 139 Å². The van der Waals surface area contributed by atoms with Gasteiger partial charge in [-0.25, -0.2) is 4.98 Å². The monoisotopic (exact) mass is 332 g/mol. The van der Waals surface area contributed by atoms with Crippen LogP contribution in [0.25, 0.3) is 0 Å². The molecule has 1 saturated heterocycles. The largest absolute Gasteiger partial charge is 0.375 e. The van der Waals surface area contributed by atoms with Crippen LogP contribution in [0.2, 0.25) is 0 Å². The number of H-pyrrole nitrogens is 1. The molecule has 2 aromatic rings. The summed E-state index contributed by atoms with van der Waals surface area (Å²) >= 11 is 1.58. The second-order valence-electron chi connectivity index (χ2n) is 5.73. The molecule has 0 unspecified atom stereocenters. The van der Waals surface area contributed by atoms with Crippen LogP contribution in [0.5, 0.6) is 0 Å². The van der Waals surface area contributed by atoms with Crippen molar-refractivity contribution in [3.63, 3.8) is 0 Å². The average molecular weight is 332 g/mol. The molecule has 2 heterocycles. The maximum atomic E-state index is 12.7. The van der Waals surface area contributed by atoms with Gasteiger partial charge in [0.15, 0.2) is 5.16 Å². The lowest BCUT2D eigenvalue weighted by atomic mass is 10.1. The molecule has 0 saturated carbocycles. The fourth-order valence-electron chi connectivity index (χ4n) is 2.51. The van der Waals surface area contributed by atoms with Gasteiger partial charge in [-0.15, -0.1) is 0 Å². The van der Waals surface area contributed by atoms with Crippen LogP contribution in [0.4, 0.5) is 0 Å². The maximum absolute atomic E-state index is 12.7. The predicted molar refractivity (Wildman–Crippen MR) is 88.3 cm³/mol. The van der Waals surface area contributed by atoms with E-state index >= 15 is 0 Å². The van der Waals surface area contributed by atoms with E-state index in [1.54, 1.807) is 11.8 Å². The van der Waals surface area contributed by atoms with Gasteiger partial charge < -0.3 is 9.64 Å². The summed E-state index contributed by atoms with van der Waals surface area (Å²) < 4.78 is 5.58. The fourth-order valence-corrected chi connectivity index (χ4v) is 3.25. The third-order valence-electron chi connectivity index (χ3n) is 3.84. The normalized spacial score (nSPS) is 21.4. The molecule has 2 atom stereocenters. The van der Waals surface area contributed by atoms with Crippen molar-refractivity contribution in [3.05, 3.63) is 41.7 Å². The van der Waals surface area contributed by atoms with E-state index in [-0.39, 0.29) is 18.1 Å². The molecule has 1 aliphatic rings. The minimum Gasteiger partial charge on any atom is -0.375 e. The summed E-state index contributed by atoms with van der Waals surface area (Å²) in [6.07, 6.45) is 1.59. The van der Waals surface area contributed by atoms with Crippen LogP contribution in [0.3, 0.4) is 0 Å². The number of thioether (sulfide) groups is 1. The average Bonchev–Trinajstić information content (AvgIpc) is 3.08. The van der Waals surface area contributed by atoms with Crippen molar-refractivity contribution in [1.82, 2.24) is 20.1 Å². The molecule has 1 aromatic heterocycles. The molecule has 1 amide bonds. The number of nitrogens with zero attached hydrogens (tertiary/aromatic N) is 3. The Hall–Kier alpha value is -1.86. The highest BCUT2D eigenvalue weighted by Crippen LogP contribution is 2.20. The van der Waals surface area contributed by atoms with E-state index in [2.05, 4.69) is 15.2 Å². The molecule has 0 bridgehead atoms. The van der Waals surface area contributed by atoms with Crippen LogP contribution in [0, 0.1) is 0 Å². The second kappa shape index (κ2) is 7.14. The number of morpholine rings is 1. The molecule has 0 aliphatic carbocycles. The number of ether oxygens (including phenoxy) is 1. The van der Waals surface area contributed by atoms with Gasteiger partial charge in [-0.05, 0) is 31.5 Å². The SMILES string of the molecule is C[C@H]1CN(C(=O)c2ccc(CSc3ncn[nH]3)cc2)[C@@H](C)CO1. The Balaban J connectivity index is 1.63. The standard InChI is InChI=1S/C16H20N4O2S/c1-11-8-22-12(2)7-20(11)15(21)14-5-3-13(4-6-14)9-23-16-17-10-18-19-16/h3-6,10-12H,7-9H2,1-2H3,(H,17,18,19)/t11-,12-/m0/s1. The lowest BCUT2D eigenvalue weighted by Gasteiger charge is -2.36. The van der Waals surface area contributed by atoms with Crippen molar-refractivity contribution in [1.29, 1.82) is 0 Å². The van der Waals surface area contributed by atoms with Crippen LogP contribution >= 0.6 is 11.8 Å². The summed E-state index contributed by atoms with van der Waals surface area (Å²) in [6, 6.07) is 7.88. The van der Waals surface area contributed by atoms with E-state index in [0.717, 1.165) is 22.0 Å². The van der Waals surface area contributed by atoms with E-state index in [1.807, 2.05) is 43.0 Å². The number of carbonyl (C=O) groups is 1. The van der Waals surface area contributed by atoms with Gasteiger partial charge in [0, 0.05) is 17.9 Å².